The zero-order valence-corrected chi connectivity index (χ0v) is 11.3. The van der Waals surface area contributed by atoms with Crippen LogP contribution in [0.3, 0.4) is 0 Å². The van der Waals surface area contributed by atoms with Gasteiger partial charge in [-0.1, -0.05) is 38.4 Å². The monoisotopic (exact) mass is 264 g/mol. The van der Waals surface area contributed by atoms with Gasteiger partial charge in [-0.3, -0.25) is 0 Å². The molecule has 0 aliphatic heterocycles. The molecule has 0 saturated heterocycles. The van der Waals surface area contributed by atoms with Crippen molar-refractivity contribution in [3.8, 4) is 0 Å². The minimum absolute atomic E-state index is 0.0151. The summed E-state index contributed by atoms with van der Waals surface area (Å²) >= 11 is 4.60. The molecule has 1 saturated carbocycles. The van der Waals surface area contributed by atoms with Gasteiger partial charge in [0.2, 0.25) is 10.0 Å². The molecule has 6 heteroatoms. The summed E-state index contributed by atoms with van der Waals surface area (Å²) in [6, 6.07) is 0. The number of sulfonamides is 1. The number of hydrogen-bond acceptors (Lipinski definition) is 3. The zero-order chi connectivity index (χ0) is 12.2. The summed E-state index contributed by atoms with van der Waals surface area (Å²) in [7, 11) is -3.33. The number of nitrogens with two attached hydrogens (primary N) is 1. The van der Waals surface area contributed by atoms with Gasteiger partial charge in [-0.25, -0.2) is 13.1 Å². The molecule has 0 unspecified atom stereocenters. The standard InChI is InChI=1S/C10H20N2O2S2/c1-10(5-3-2-4-6-10)8-12-16(13,14)7-9(11)15/h12H,2-8H2,1H3,(H2,11,15). The topological polar surface area (TPSA) is 72.2 Å². The summed E-state index contributed by atoms with van der Waals surface area (Å²) in [5, 5.41) is 0. The third kappa shape index (κ3) is 4.76. The highest BCUT2D eigenvalue weighted by Gasteiger charge is 2.28. The van der Waals surface area contributed by atoms with Crippen LogP contribution in [0.1, 0.15) is 39.0 Å². The van der Waals surface area contributed by atoms with Gasteiger partial charge in [0.15, 0.2) is 0 Å². The molecule has 0 spiro atoms. The highest BCUT2D eigenvalue weighted by atomic mass is 32.2. The van der Waals surface area contributed by atoms with Crippen LogP contribution in [0.5, 0.6) is 0 Å². The van der Waals surface area contributed by atoms with Gasteiger partial charge in [0.25, 0.3) is 0 Å². The van der Waals surface area contributed by atoms with Crippen LogP contribution in [0, 0.1) is 5.41 Å². The van der Waals surface area contributed by atoms with Crippen molar-refractivity contribution in [2.24, 2.45) is 11.1 Å². The van der Waals surface area contributed by atoms with Crippen molar-refractivity contribution in [1.82, 2.24) is 4.72 Å². The van der Waals surface area contributed by atoms with E-state index in [2.05, 4.69) is 23.9 Å². The first-order valence-corrected chi connectivity index (χ1v) is 7.65. The smallest absolute Gasteiger partial charge is 0.218 e. The Bertz CT molecular complexity index is 346. The maximum atomic E-state index is 11.5. The van der Waals surface area contributed by atoms with Crippen LogP contribution in [0.2, 0.25) is 0 Å². The highest BCUT2D eigenvalue weighted by Crippen LogP contribution is 2.34. The van der Waals surface area contributed by atoms with Gasteiger partial charge < -0.3 is 5.73 Å². The molecule has 0 atom stereocenters. The second-order valence-corrected chi connectivity index (χ2v) is 7.25. The molecule has 0 aromatic heterocycles. The van der Waals surface area contributed by atoms with Crippen LogP contribution in [-0.4, -0.2) is 25.7 Å². The van der Waals surface area contributed by atoms with E-state index >= 15 is 0 Å². The van der Waals surface area contributed by atoms with Gasteiger partial charge in [-0.15, -0.1) is 0 Å². The van der Waals surface area contributed by atoms with E-state index in [0.29, 0.717) is 6.54 Å². The van der Waals surface area contributed by atoms with Gasteiger partial charge in [-0.05, 0) is 18.3 Å². The fourth-order valence-corrected chi connectivity index (χ4v) is 3.62. The fraction of sp³-hybridized carbons (Fsp3) is 0.900. The molecule has 0 heterocycles. The van der Waals surface area contributed by atoms with E-state index in [1.165, 1.54) is 19.3 Å². The Labute approximate surface area is 103 Å². The van der Waals surface area contributed by atoms with E-state index in [1.54, 1.807) is 0 Å². The Balaban J connectivity index is 2.46. The molecule has 0 bridgehead atoms. The Morgan fingerprint density at radius 3 is 2.44 bits per heavy atom. The van der Waals surface area contributed by atoms with Crippen molar-refractivity contribution in [3.63, 3.8) is 0 Å². The first kappa shape index (κ1) is 13.9. The zero-order valence-electron chi connectivity index (χ0n) is 9.66. The molecule has 16 heavy (non-hydrogen) atoms. The van der Waals surface area contributed by atoms with E-state index in [1.807, 2.05) is 0 Å². The maximum Gasteiger partial charge on any atom is 0.218 e. The largest absolute Gasteiger partial charge is 0.392 e. The molecule has 0 radical (unpaired) electrons. The summed E-state index contributed by atoms with van der Waals surface area (Å²) in [6.45, 7) is 2.63. The lowest BCUT2D eigenvalue weighted by Gasteiger charge is -2.33. The van der Waals surface area contributed by atoms with Gasteiger partial charge in [-0.2, -0.15) is 0 Å². The van der Waals surface area contributed by atoms with Gasteiger partial charge in [0, 0.05) is 6.54 Å². The molecule has 3 N–H and O–H groups in total. The number of hydrogen-bond donors (Lipinski definition) is 2. The van der Waals surface area contributed by atoms with E-state index in [4.69, 9.17) is 5.73 Å². The normalized spacial score (nSPS) is 20.6. The van der Waals surface area contributed by atoms with Crippen LogP contribution in [-0.2, 0) is 10.0 Å². The quantitative estimate of drug-likeness (QED) is 0.731. The predicted octanol–water partition coefficient (Wildman–Crippen LogP) is 1.16. The summed E-state index contributed by atoms with van der Waals surface area (Å²) in [5.41, 5.74) is 5.33. The van der Waals surface area contributed by atoms with Gasteiger partial charge >= 0.3 is 0 Å². The second kappa shape index (κ2) is 5.42. The molecule has 1 fully saturated rings. The first-order chi connectivity index (χ1) is 7.33. The summed E-state index contributed by atoms with van der Waals surface area (Å²) in [4.78, 5) is 0.0151. The van der Waals surface area contributed by atoms with Crippen molar-refractivity contribution < 1.29 is 8.42 Å². The number of thiocarbonyl (C=S) groups is 1. The van der Waals surface area contributed by atoms with Crippen LogP contribution in [0.25, 0.3) is 0 Å². The Morgan fingerprint density at radius 1 is 1.38 bits per heavy atom. The molecular weight excluding hydrogens is 244 g/mol. The van der Waals surface area contributed by atoms with Crippen molar-refractivity contribution >= 4 is 27.2 Å². The molecule has 94 valence electrons. The highest BCUT2D eigenvalue weighted by molar-refractivity contribution is 7.92. The lowest BCUT2D eigenvalue weighted by Crippen LogP contribution is -2.40. The Morgan fingerprint density at radius 2 is 1.94 bits per heavy atom. The van der Waals surface area contributed by atoms with Crippen molar-refractivity contribution in [2.45, 2.75) is 39.0 Å². The third-order valence-corrected chi connectivity index (χ3v) is 4.71. The van der Waals surface area contributed by atoms with Crippen LogP contribution in [0.4, 0.5) is 0 Å². The van der Waals surface area contributed by atoms with Crippen LogP contribution >= 0.6 is 12.2 Å². The van der Waals surface area contributed by atoms with Gasteiger partial charge in [0.1, 0.15) is 5.75 Å². The van der Waals surface area contributed by atoms with Crippen molar-refractivity contribution in [2.75, 3.05) is 12.3 Å². The minimum Gasteiger partial charge on any atom is -0.392 e. The van der Waals surface area contributed by atoms with Gasteiger partial charge in [0.05, 0.1) is 4.99 Å². The third-order valence-electron chi connectivity index (χ3n) is 3.11. The molecule has 4 nitrogen and oxygen atoms in total. The molecule has 0 aromatic carbocycles. The molecule has 1 aliphatic rings. The first-order valence-electron chi connectivity index (χ1n) is 5.59. The average molecular weight is 264 g/mol. The lowest BCUT2D eigenvalue weighted by atomic mass is 9.76. The van der Waals surface area contributed by atoms with E-state index in [9.17, 15) is 8.42 Å². The van der Waals surface area contributed by atoms with E-state index < -0.39 is 10.0 Å². The maximum absolute atomic E-state index is 11.5. The molecule has 0 amide bonds. The van der Waals surface area contributed by atoms with Crippen LogP contribution < -0.4 is 10.5 Å². The SMILES string of the molecule is CC1(CNS(=O)(=O)CC(N)=S)CCCCC1. The molecule has 0 aromatic rings. The number of rotatable bonds is 5. The van der Waals surface area contributed by atoms with Crippen molar-refractivity contribution in [3.05, 3.63) is 0 Å². The lowest BCUT2D eigenvalue weighted by molar-refractivity contribution is 0.219. The van der Waals surface area contributed by atoms with Crippen LogP contribution in [0.15, 0.2) is 0 Å². The minimum atomic E-state index is -3.33. The number of nitrogens with one attached hydrogen (secondary N) is 1. The second-order valence-electron chi connectivity index (χ2n) is 4.92. The molecule has 1 rings (SSSR count). The van der Waals surface area contributed by atoms with E-state index in [0.717, 1.165) is 12.8 Å². The molecular formula is C10H20N2O2S2. The fourth-order valence-electron chi connectivity index (χ4n) is 2.10. The summed E-state index contributed by atoms with van der Waals surface area (Å²) in [5.74, 6) is -0.252. The summed E-state index contributed by atoms with van der Waals surface area (Å²) < 4.78 is 25.7. The summed E-state index contributed by atoms with van der Waals surface area (Å²) in [6.07, 6.45) is 5.81. The average Bonchev–Trinajstić information content (AvgIpc) is 2.15. The van der Waals surface area contributed by atoms with Crippen molar-refractivity contribution in [1.29, 1.82) is 0 Å². The predicted molar refractivity (Wildman–Crippen MR) is 69.8 cm³/mol. The Hall–Kier alpha value is -0.200. The van der Waals surface area contributed by atoms with E-state index in [-0.39, 0.29) is 16.2 Å². The molecule has 1 aliphatic carbocycles. The Kier molecular flexibility index (Phi) is 4.70.